The molecule has 1 aliphatic heterocycles. The minimum Gasteiger partial charge on any atom is -0.358 e. The molecule has 0 aromatic carbocycles. The summed E-state index contributed by atoms with van der Waals surface area (Å²) in [7, 11) is 6.48. The van der Waals surface area contributed by atoms with Crippen molar-refractivity contribution < 1.29 is 0 Å². The summed E-state index contributed by atoms with van der Waals surface area (Å²) in [5, 5.41) is 8.03. The van der Waals surface area contributed by atoms with E-state index in [4.69, 9.17) is 0 Å². The van der Waals surface area contributed by atoms with Gasteiger partial charge < -0.3 is 15.1 Å². The molecule has 2 heterocycles. The molecule has 0 saturated carbocycles. The summed E-state index contributed by atoms with van der Waals surface area (Å²) >= 11 is 0. The van der Waals surface area contributed by atoms with Crippen molar-refractivity contribution in [3.63, 3.8) is 0 Å². The van der Waals surface area contributed by atoms with Gasteiger partial charge >= 0.3 is 0 Å². The molecule has 1 unspecified atom stereocenters. The third-order valence-electron chi connectivity index (χ3n) is 4.38. The number of likely N-dealkylation sites (N-methyl/N-ethyl adjacent to an activating group) is 2. The topological polar surface area (TPSA) is 36.3 Å². The molecule has 0 aliphatic carbocycles. The lowest BCUT2D eigenvalue weighted by Gasteiger charge is -2.28. The van der Waals surface area contributed by atoms with Crippen molar-refractivity contribution in [2.45, 2.75) is 39.3 Å². The average Bonchev–Trinajstić information content (AvgIpc) is 2.91. The van der Waals surface area contributed by atoms with Crippen LogP contribution in [0.15, 0.2) is 0 Å². The quantitative estimate of drug-likeness (QED) is 0.853. The van der Waals surface area contributed by atoms with Gasteiger partial charge in [-0.15, -0.1) is 0 Å². The zero-order chi connectivity index (χ0) is 14.7. The summed E-state index contributed by atoms with van der Waals surface area (Å²) in [4.78, 5) is 4.85. The molecule has 1 aromatic heterocycles. The Bertz CT molecular complexity index is 440. The minimum absolute atomic E-state index is 0.669. The van der Waals surface area contributed by atoms with Crippen molar-refractivity contribution >= 4 is 5.82 Å². The maximum atomic E-state index is 4.60. The van der Waals surface area contributed by atoms with E-state index >= 15 is 0 Å². The van der Waals surface area contributed by atoms with Gasteiger partial charge in [0.15, 0.2) is 0 Å². The van der Waals surface area contributed by atoms with Crippen LogP contribution in [0.4, 0.5) is 5.82 Å². The predicted molar refractivity (Wildman–Crippen MR) is 84.2 cm³/mol. The number of rotatable bonds is 6. The molecule has 1 N–H and O–H groups in total. The van der Waals surface area contributed by atoms with Crippen LogP contribution in [0.25, 0.3) is 0 Å². The molecule has 114 valence electrons. The Balaban J connectivity index is 2.13. The fraction of sp³-hybridized carbons (Fsp3) is 0.800. The molecule has 1 fully saturated rings. The van der Waals surface area contributed by atoms with E-state index in [-0.39, 0.29) is 0 Å². The molecule has 2 rings (SSSR count). The van der Waals surface area contributed by atoms with E-state index < -0.39 is 0 Å². The van der Waals surface area contributed by atoms with Crippen LogP contribution >= 0.6 is 0 Å². The SMILES string of the molecule is CCNCc1c(C)nn(C)c1N(C)CC1CCCN1C. The molecule has 5 nitrogen and oxygen atoms in total. The molecular weight excluding hydrogens is 250 g/mol. The summed E-state index contributed by atoms with van der Waals surface area (Å²) in [6, 6.07) is 0.669. The smallest absolute Gasteiger partial charge is 0.131 e. The molecular formula is C15H29N5. The van der Waals surface area contributed by atoms with Gasteiger partial charge in [0.25, 0.3) is 0 Å². The number of anilines is 1. The van der Waals surface area contributed by atoms with Gasteiger partial charge in [-0.1, -0.05) is 6.92 Å². The second-order valence-corrected chi connectivity index (χ2v) is 5.95. The summed E-state index contributed by atoms with van der Waals surface area (Å²) < 4.78 is 2.02. The van der Waals surface area contributed by atoms with Gasteiger partial charge in [0.2, 0.25) is 0 Å². The fourth-order valence-electron chi connectivity index (χ4n) is 3.24. The molecule has 5 heteroatoms. The predicted octanol–water partition coefficient (Wildman–Crippen LogP) is 1.37. The Morgan fingerprint density at radius 2 is 2.15 bits per heavy atom. The second-order valence-electron chi connectivity index (χ2n) is 5.95. The van der Waals surface area contributed by atoms with E-state index in [1.165, 1.54) is 30.8 Å². The van der Waals surface area contributed by atoms with Crippen LogP contribution in [0, 0.1) is 6.92 Å². The highest BCUT2D eigenvalue weighted by Gasteiger charge is 2.24. The molecule has 0 bridgehead atoms. The molecule has 1 atom stereocenters. The summed E-state index contributed by atoms with van der Waals surface area (Å²) in [6.45, 7) is 8.44. The van der Waals surface area contributed by atoms with Crippen molar-refractivity contribution in [2.24, 2.45) is 7.05 Å². The summed E-state index contributed by atoms with van der Waals surface area (Å²) in [6.07, 6.45) is 2.63. The van der Waals surface area contributed by atoms with Crippen molar-refractivity contribution in [3.05, 3.63) is 11.3 Å². The maximum Gasteiger partial charge on any atom is 0.131 e. The monoisotopic (exact) mass is 279 g/mol. The number of aromatic nitrogens is 2. The molecule has 0 spiro atoms. The highest BCUT2D eigenvalue weighted by Crippen LogP contribution is 2.24. The zero-order valence-corrected chi connectivity index (χ0v) is 13.6. The molecule has 1 aromatic rings. The first kappa shape index (κ1) is 15.3. The van der Waals surface area contributed by atoms with Gasteiger partial charge in [-0.2, -0.15) is 5.10 Å². The number of aryl methyl sites for hydroxylation is 2. The van der Waals surface area contributed by atoms with Crippen LogP contribution in [-0.2, 0) is 13.6 Å². The van der Waals surface area contributed by atoms with Crippen LogP contribution in [0.5, 0.6) is 0 Å². The van der Waals surface area contributed by atoms with Gasteiger partial charge in [0, 0.05) is 38.8 Å². The van der Waals surface area contributed by atoms with Crippen molar-refractivity contribution in [1.29, 1.82) is 0 Å². The summed E-state index contributed by atoms with van der Waals surface area (Å²) in [5.41, 5.74) is 2.47. The number of hydrogen-bond acceptors (Lipinski definition) is 4. The highest BCUT2D eigenvalue weighted by molar-refractivity contribution is 5.49. The van der Waals surface area contributed by atoms with Gasteiger partial charge in [-0.3, -0.25) is 4.68 Å². The Hall–Kier alpha value is -1.07. The van der Waals surface area contributed by atoms with Crippen molar-refractivity contribution in [1.82, 2.24) is 20.0 Å². The highest BCUT2D eigenvalue weighted by atomic mass is 15.4. The van der Waals surface area contributed by atoms with Crippen LogP contribution < -0.4 is 10.2 Å². The third-order valence-corrected chi connectivity index (χ3v) is 4.38. The Kier molecular flexibility index (Phi) is 5.05. The van der Waals surface area contributed by atoms with Crippen LogP contribution in [0.2, 0.25) is 0 Å². The normalized spacial score (nSPS) is 19.8. The molecule has 0 amide bonds. The first-order chi connectivity index (χ1) is 9.54. The first-order valence-corrected chi connectivity index (χ1v) is 7.69. The number of nitrogens with one attached hydrogen (secondary N) is 1. The Morgan fingerprint density at radius 3 is 2.75 bits per heavy atom. The lowest BCUT2D eigenvalue weighted by molar-refractivity contribution is 0.313. The number of likely N-dealkylation sites (tertiary alicyclic amines) is 1. The van der Waals surface area contributed by atoms with E-state index in [0.29, 0.717) is 6.04 Å². The van der Waals surface area contributed by atoms with Gasteiger partial charge in [-0.05, 0) is 39.9 Å². The van der Waals surface area contributed by atoms with Gasteiger partial charge in [0.05, 0.1) is 5.69 Å². The first-order valence-electron chi connectivity index (χ1n) is 7.69. The fourth-order valence-corrected chi connectivity index (χ4v) is 3.24. The van der Waals surface area contributed by atoms with E-state index in [0.717, 1.165) is 25.3 Å². The number of hydrogen-bond donors (Lipinski definition) is 1. The largest absolute Gasteiger partial charge is 0.358 e. The molecule has 20 heavy (non-hydrogen) atoms. The van der Waals surface area contributed by atoms with Crippen LogP contribution in [0.3, 0.4) is 0 Å². The molecule has 0 radical (unpaired) electrons. The Morgan fingerprint density at radius 1 is 1.40 bits per heavy atom. The zero-order valence-electron chi connectivity index (χ0n) is 13.6. The van der Waals surface area contributed by atoms with E-state index in [2.05, 4.69) is 48.2 Å². The lowest BCUT2D eigenvalue weighted by atomic mass is 10.2. The molecule has 1 saturated heterocycles. The van der Waals surface area contributed by atoms with Gasteiger partial charge in [0.1, 0.15) is 5.82 Å². The van der Waals surface area contributed by atoms with Crippen LogP contribution in [-0.4, -0.2) is 54.5 Å². The lowest BCUT2D eigenvalue weighted by Crippen LogP contribution is -2.37. The second kappa shape index (κ2) is 6.59. The van der Waals surface area contributed by atoms with E-state index in [1.54, 1.807) is 0 Å². The van der Waals surface area contributed by atoms with Crippen molar-refractivity contribution in [2.75, 3.05) is 38.6 Å². The van der Waals surface area contributed by atoms with E-state index in [1.807, 2.05) is 11.7 Å². The minimum atomic E-state index is 0.669. The van der Waals surface area contributed by atoms with Crippen molar-refractivity contribution in [3.8, 4) is 0 Å². The Labute approximate surface area is 122 Å². The number of nitrogens with zero attached hydrogens (tertiary/aromatic N) is 4. The molecule has 1 aliphatic rings. The standard InChI is InChI=1S/C15H29N5/c1-6-16-10-14-12(2)17-20(5)15(14)19(4)11-13-8-7-9-18(13)3/h13,16H,6-11H2,1-5H3. The summed E-state index contributed by atoms with van der Waals surface area (Å²) in [5.74, 6) is 1.25. The van der Waals surface area contributed by atoms with Gasteiger partial charge in [-0.25, -0.2) is 0 Å². The maximum absolute atomic E-state index is 4.60. The average molecular weight is 279 g/mol. The van der Waals surface area contributed by atoms with E-state index in [9.17, 15) is 0 Å². The third kappa shape index (κ3) is 3.15. The van der Waals surface area contributed by atoms with Crippen LogP contribution in [0.1, 0.15) is 31.0 Å².